The lowest BCUT2D eigenvalue weighted by Gasteiger charge is -2.28. The third-order valence-electron chi connectivity index (χ3n) is 4.25. The van der Waals surface area contributed by atoms with E-state index in [0.717, 1.165) is 43.6 Å². The molecular formula is C18H31IN6O. The Bertz CT molecular complexity index is 636. The van der Waals surface area contributed by atoms with Gasteiger partial charge in [-0.3, -0.25) is 9.58 Å². The molecule has 0 aromatic carbocycles. The van der Waals surface area contributed by atoms with Gasteiger partial charge in [0, 0.05) is 26.3 Å². The Morgan fingerprint density at radius 2 is 2.04 bits per heavy atom. The molecule has 2 N–H and O–H groups in total. The predicted molar refractivity (Wildman–Crippen MR) is 116 cm³/mol. The van der Waals surface area contributed by atoms with E-state index in [1.165, 1.54) is 0 Å². The number of likely N-dealkylation sites (N-methyl/N-ethyl adjacent to an activating group) is 1. The molecule has 0 radical (unpaired) electrons. The molecule has 0 fully saturated rings. The largest absolute Gasteiger partial charge is 0.468 e. The number of nitrogens with one attached hydrogen (secondary N) is 2. The number of aromatic nitrogens is 2. The zero-order chi connectivity index (χ0) is 18.1. The van der Waals surface area contributed by atoms with E-state index in [2.05, 4.69) is 46.4 Å². The van der Waals surface area contributed by atoms with Crippen molar-refractivity contribution in [3.8, 4) is 0 Å². The molecule has 2 aromatic rings. The summed E-state index contributed by atoms with van der Waals surface area (Å²) in [5.41, 5.74) is 1.07. The van der Waals surface area contributed by atoms with E-state index in [9.17, 15) is 0 Å². The van der Waals surface area contributed by atoms with Crippen LogP contribution in [-0.2, 0) is 13.6 Å². The molecule has 2 rings (SSSR count). The minimum absolute atomic E-state index is 0. The fraction of sp³-hybridized carbons (Fsp3) is 0.556. The number of aliphatic imine (C=N–C) groups is 1. The molecule has 8 heteroatoms. The molecular weight excluding hydrogens is 443 g/mol. The summed E-state index contributed by atoms with van der Waals surface area (Å²) in [6.45, 7) is 10.5. The number of halogens is 1. The third kappa shape index (κ3) is 6.31. The first-order chi connectivity index (χ1) is 12.2. The van der Waals surface area contributed by atoms with Gasteiger partial charge in [0.1, 0.15) is 5.76 Å². The minimum Gasteiger partial charge on any atom is -0.468 e. The molecule has 0 aliphatic carbocycles. The van der Waals surface area contributed by atoms with Crippen LogP contribution in [0, 0.1) is 0 Å². The first-order valence-corrected chi connectivity index (χ1v) is 8.96. The molecule has 0 saturated carbocycles. The number of aryl methyl sites for hydroxylation is 1. The molecule has 0 aliphatic rings. The lowest BCUT2D eigenvalue weighted by molar-refractivity contribution is 0.193. The van der Waals surface area contributed by atoms with Crippen LogP contribution in [0.5, 0.6) is 0 Å². The third-order valence-corrected chi connectivity index (χ3v) is 4.25. The van der Waals surface area contributed by atoms with E-state index in [0.29, 0.717) is 6.54 Å². The highest BCUT2D eigenvalue weighted by Crippen LogP contribution is 2.20. The maximum atomic E-state index is 5.65. The van der Waals surface area contributed by atoms with E-state index in [4.69, 9.17) is 4.42 Å². The van der Waals surface area contributed by atoms with Crippen molar-refractivity contribution in [3.05, 3.63) is 42.1 Å². The highest BCUT2D eigenvalue weighted by Gasteiger charge is 2.20. The van der Waals surface area contributed by atoms with Gasteiger partial charge in [0.25, 0.3) is 0 Å². The van der Waals surface area contributed by atoms with Gasteiger partial charge < -0.3 is 15.1 Å². The van der Waals surface area contributed by atoms with Crippen LogP contribution in [0.1, 0.15) is 38.3 Å². The fourth-order valence-corrected chi connectivity index (χ4v) is 2.81. The van der Waals surface area contributed by atoms with E-state index >= 15 is 0 Å². The summed E-state index contributed by atoms with van der Waals surface area (Å²) >= 11 is 0. The standard InChI is InChI=1S/C18H30N6O.HI/c1-5-19-18(20-13-15-10-11-22-23(15)4)21-14-16(24(6-2)7-3)17-9-8-12-25-17;/h8-12,16H,5-7,13-14H2,1-4H3,(H2,19,20,21);1H. The van der Waals surface area contributed by atoms with Crippen molar-refractivity contribution in [2.24, 2.45) is 12.0 Å². The SMILES string of the molecule is CCNC(=NCc1ccnn1C)NCC(c1ccco1)N(CC)CC.I. The van der Waals surface area contributed by atoms with Crippen LogP contribution in [-0.4, -0.2) is 46.8 Å². The minimum atomic E-state index is 0. The summed E-state index contributed by atoms with van der Waals surface area (Å²) < 4.78 is 7.50. The van der Waals surface area contributed by atoms with Gasteiger partial charge in [-0.2, -0.15) is 5.10 Å². The maximum absolute atomic E-state index is 5.65. The van der Waals surface area contributed by atoms with Gasteiger partial charge in [0.2, 0.25) is 0 Å². The average molecular weight is 474 g/mol. The monoisotopic (exact) mass is 474 g/mol. The molecule has 146 valence electrons. The average Bonchev–Trinajstić information content (AvgIpc) is 3.28. The summed E-state index contributed by atoms with van der Waals surface area (Å²) in [7, 11) is 1.93. The molecule has 0 aliphatic heterocycles. The Kier molecular flexibility index (Phi) is 10.3. The van der Waals surface area contributed by atoms with Crippen molar-refractivity contribution >= 4 is 29.9 Å². The second kappa shape index (κ2) is 11.9. The normalized spacial score (nSPS) is 12.7. The molecule has 0 amide bonds. The summed E-state index contributed by atoms with van der Waals surface area (Å²) in [5, 5.41) is 10.9. The van der Waals surface area contributed by atoms with Crippen molar-refractivity contribution in [2.45, 2.75) is 33.4 Å². The van der Waals surface area contributed by atoms with Crippen LogP contribution in [0.25, 0.3) is 0 Å². The Balaban J connectivity index is 0.00000338. The van der Waals surface area contributed by atoms with Crippen molar-refractivity contribution < 1.29 is 4.42 Å². The Labute approximate surface area is 173 Å². The van der Waals surface area contributed by atoms with Gasteiger partial charge >= 0.3 is 0 Å². The summed E-state index contributed by atoms with van der Waals surface area (Å²) in [6, 6.07) is 6.12. The molecule has 2 aromatic heterocycles. The lowest BCUT2D eigenvalue weighted by atomic mass is 10.2. The number of rotatable bonds is 9. The first kappa shape index (κ1) is 22.5. The quantitative estimate of drug-likeness (QED) is 0.332. The Morgan fingerprint density at radius 1 is 1.27 bits per heavy atom. The number of guanidine groups is 1. The van der Waals surface area contributed by atoms with Gasteiger partial charge in [-0.05, 0) is 38.2 Å². The molecule has 1 unspecified atom stereocenters. The van der Waals surface area contributed by atoms with E-state index < -0.39 is 0 Å². The number of furan rings is 1. The molecule has 2 heterocycles. The lowest BCUT2D eigenvalue weighted by Crippen LogP contribution is -2.43. The zero-order valence-electron chi connectivity index (χ0n) is 16.1. The molecule has 0 bridgehead atoms. The highest BCUT2D eigenvalue weighted by molar-refractivity contribution is 14.0. The maximum Gasteiger partial charge on any atom is 0.191 e. The first-order valence-electron chi connectivity index (χ1n) is 8.96. The van der Waals surface area contributed by atoms with Crippen molar-refractivity contribution in [3.63, 3.8) is 0 Å². The molecule has 0 spiro atoms. The predicted octanol–water partition coefficient (Wildman–Crippen LogP) is 2.77. The van der Waals surface area contributed by atoms with Gasteiger partial charge in [-0.15, -0.1) is 24.0 Å². The Morgan fingerprint density at radius 3 is 2.58 bits per heavy atom. The zero-order valence-corrected chi connectivity index (χ0v) is 18.4. The molecule has 7 nitrogen and oxygen atoms in total. The van der Waals surface area contributed by atoms with Crippen LogP contribution >= 0.6 is 24.0 Å². The number of hydrogen-bond donors (Lipinski definition) is 2. The van der Waals surface area contributed by atoms with Crippen LogP contribution < -0.4 is 10.6 Å². The van der Waals surface area contributed by atoms with Crippen molar-refractivity contribution in [2.75, 3.05) is 26.2 Å². The summed E-state index contributed by atoms with van der Waals surface area (Å²) in [4.78, 5) is 7.04. The van der Waals surface area contributed by atoms with Crippen LogP contribution in [0.4, 0.5) is 0 Å². The van der Waals surface area contributed by atoms with Gasteiger partial charge in [0.05, 0.1) is 24.5 Å². The smallest absolute Gasteiger partial charge is 0.191 e. The van der Waals surface area contributed by atoms with Gasteiger partial charge in [-0.25, -0.2) is 4.99 Å². The number of hydrogen-bond acceptors (Lipinski definition) is 4. The Hall–Kier alpha value is -1.55. The summed E-state index contributed by atoms with van der Waals surface area (Å²) in [5.74, 6) is 1.77. The van der Waals surface area contributed by atoms with Crippen LogP contribution in [0.2, 0.25) is 0 Å². The van der Waals surface area contributed by atoms with Crippen LogP contribution in [0.15, 0.2) is 40.1 Å². The van der Waals surface area contributed by atoms with E-state index in [1.54, 1.807) is 12.5 Å². The molecule has 26 heavy (non-hydrogen) atoms. The van der Waals surface area contributed by atoms with Gasteiger partial charge in [-0.1, -0.05) is 13.8 Å². The van der Waals surface area contributed by atoms with E-state index in [-0.39, 0.29) is 30.0 Å². The van der Waals surface area contributed by atoms with Crippen molar-refractivity contribution in [1.29, 1.82) is 0 Å². The highest BCUT2D eigenvalue weighted by atomic mass is 127. The van der Waals surface area contributed by atoms with E-state index in [1.807, 2.05) is 29.9 Å². The fourth-order valence-electron chi connectivity index (χ4n) is 2.81. The summed E-state index contributed by atoms with van der Waals surface area (Å²) in [6.07, 6.45) is 3.52. The van der Waals surface area contributed by atoms with Crippen molar-refractivity contribution in [1.82, 2.24) is 25.3 Å². The topological polar surface area (TPSA) is 70.6 Å². The second-order valence-electron chi connectivity index (χ2n) is 5.77. The molecule has 0 saturated heterocycles. The van der Waals surface area contributed by atoms with Gasteiger partial charge in [0.15, 0.2) is 5.96 Å². The number of nitrogens with zero attached hydrogens (tertiary/aromatic N) is 4. The van der Waals surface area contributed by atoms with Crippen LogP contribution in [0.3, 0.4) is 0 Å². The molecule has 1 atom stereocenters. The second-order valence-corrected chi connectivity index (χ2v) is 5.77.